The average Bonchev–Trinajstić information content (AvgIpc) is 2.17. The molecule has 0 radical (unpaired) electrons. The van der Waals surface area contributed by atoms with Crippen molar-refractivity contribution in [2.24, 2.45) is 0 Å². The molecule has 0 aliphatic carbocycles. The highest BCUT2D eigenvalue weighted by molar-refractivity contribution is 5.12. The summed E-state index contributed by atoms with van der Waals surface area (Å²) in [5.41, 5.74) is 1.10. The second-order valence-electron chi connectivity index (χ2n) is 3.57. The average molecular weight is 159 g/mol. The zero-order valence-corrected chi connectivity index (χ0v) is 6.32. The van der Waals surface area contributed by atoms with Crippen LogP contribution in [-0.4, -0.2) is 30.0 Å². The van der Waals surface area contributed by atoms with Crippen molar-refractivity contribution in [2.75, 3.05) is 13.1 Å². The molecule has 0 saturated carbocycles. The van der Waals surface area contributed by atoms with Crippen LogP contribution in [0.1, 0.15) is 12.8 Å². The number of nitrogens with zero attached hydrogens (tertiary/aromatic N) is 1. The Morgan fingerprint density at radius 1 is 1.55 bits per heavy atom. The lowest BCUT2D eigenvalue weighted by atomic mass is 10.1. The van der Waals surface area contributed by atoms with Crippen LogP contribution in [0.2, 0.25) is 0 Å². The van der Waals surface area contributed by atoms with E-state index in [9.17, 15) is 8.78 Å². The van der Waals surface area contributed by atoms with Gasteiger partial charge in [0, 0.05) is 19.0 Å². The minimum Gasteiger partial charge on any atom is -0.290 e. The van der Waals surface area contributed by atoms with Crippen LogP contribution in [-0.2, 0) is 0 Å². The maximum absolute atomic E-state index is 12.7. The summed E-state index contributed by atoms with van der Waals surface area (Å²) in [6, 6.07) is 0.0810. The molecule has 2 fully saturated rings. The van der Waals surface area contributed by atoms with E-state index in [2.05, 4.69) is 6.58 Å². The lowest BCUT2D eigenvalue weighted by molar-refractivity contribution is 0.0121. The molecule has 0 aromatic heterocycles. The molecule has 1 nitrogen and oxygen atoms in total. The lowest BCUT2D eigenvalue weighted by Gasteiger charge is -2.11. The highest BCUT2D eigenvalue weighted by Gasteiger charge is 2.47. The fourth-order valence-corrected chi connectivity index (χ4v) is 2.04. The molecule has 2 saturated heterocycles. The largest absolute Gasteiger partial charge is 0.290 e. The summed E-state index contributed by atoms with van der Waals surface area (Å²) in [4.78, 5) is 1.84. The normalized spacial score (nSPS) is 36.2. The molecule has 0 aromatic carbocycles. The molecule has 62 valence electrons. The maximum Gasteiger partial charge on any atom is 0.262 e. The third kappa shape index (κ3) is 1.18. The van der Waals surface area contributed by atoms with Crippen LogP contribution in [0.4, 0.5) is 8.78 Å². The van der Waals surface area contributed by atoms with E-state index in [4.69, 9.17) is 0 Å². The first-order valence-electron chi connectivity index (χ1n) is 3.85. The predicted molar refractivity (Wildman–Crippen MR) is 38.7 cm³/mol. The SMILES string of the molecule is C=C1CC2CC(F)(F)CN2C1. The topological polar surface area (TPSA) is 3.24 Å². The van der Waals surface area contributed by atoms with E-state index in [0.717, 1.165) is 12.0 Å². The van der Waals surface area contributed by atoms with E-state index in [0.29, 0.717) is 6.54 Å². The van der Waals surface area contributed by atoms with Gasteiger partial charge in [0.2, 0.25) is 0 Å². The van der Waals surface area contributed by atoms with Crippen LogP contribution < -0.4 is 0 Å². The Morgan fingerprint density at radius 2 is 2.27 bits per heavy atom. The maximum atomic E-state index is 12.7. The van der Waals surface area contributed by atoms with Gasteiger partial charge in [0.15, 0.2) is 0 Å². The van der Waals surface area contributed by atoms with Crippen molar-refractivity contribution in [1.82, 2.24) is 4.90 Å². The summed E-state index contributed by atoms with van der Waals surface area (Å²) >= 11 is 0. The smallest absolute Gasteiger partial charge is 0.262 e. The molecule has 1 atom stereocenters. The van der Waals surface area contributed by atoms with Crippen molar-refractivity contribution < 1.29 is 8.78 Å². The van der Waals surface area contributed by atoms with E-state index in [1.165, 1.54) is 0 Å². The van der Waals surface area contributed by atoms with Crippen LogP contribution in [0.15, 0.2) is 12.2 Å². The quantitative estimate of drug-likeness (QED) is 0.486. The standard InChI is InChI=1S/C8H11F2N/c1-6-2-7-3-8(9,10)5-11(7)4-6/h7H,1-5H2. The number of halogens is 2. The van der Waals surface area contributed by atoms with Gasteiger partial charge in [-0.05, 0) is 6.42 Å². The minimum atomic E-state index is -2.44. The molecule has 2 aliphatic heterocycles. The molecule has 0 amide bonds. The van der Waals surface area contributed by atoms with Gasteiger partial charge in [0.1, 0.15) is 0 Å². The van der Waals surface area contributed by atoms with E-state index in [1.54, 1.807) is 0 Å². The second-order valence-corrected chi connectivity index (χ2v) is 3.57. The van der Waals surface area contributed by atoms with Gasteiger partial charge in [-0.2, -0.15) is 0 Å². The van der Waals surface area contributed by atoms with Crippen molar-refractivity contribution in [2.45, 2.75) is 24.8 Å². The number of hydrogen-bond acceptors (Lipinski definition) is 1. The lowest BCUT2D eigenvalue weighted by Crippen LogP contribution is -2.25. The third-order valence-electron chi connectivity index (χ3n) is 2.44. The summed E-state index contributed by atoms with van der Waals surface area (Å²) in [5.74, 6) is -2.44. The van der Waals surface area contributed by atoms with Gasteiger partial charge < -0.3 is 0 Å². The number of alkyl halides is 2. The highest BCUT2D eigenvalue weighted by atomic mass is 19.3. The monoisotopic (exact) mass is 159 g/mol. The Balaban J connectivity index is 2.09. The van der Waals surface area contributed by atoms with Gasteiger partial charge in [-0.1, -0.05) is 12.2 Å². The van der Waals surface area contributed by atoms with Gasteiger partial charge in [-0.3, -0.25) is 4.90 Å². The first-order valence-corrected chi connectivity index (χ1v) is 3.85. The van der Waals surface area contributed by atoms with Crippen molar-refractivity contribution >= 4 is 0 Å². The molecule has 0 N–H and O–H groups in total. The molecule has 2 aliphatic rings. The molecule has 2 heterocycles. The van der Waals surface area contributed by atoms with Crippen molar-refractivity contribution in [3.63, 3.8) is 0 Å². The van der Waals surface area contributed by atoms with Crippen LogP contribution in [0.25, 0.3) is 0 Å². The molecule has 2 rings (SSSR count). The highest BCUT2D eigenvalue weighted by Crippen LogP contribution is 2.38. The van der Waals surface area contributed by atoms with E-state index in [1.807, 2.05) is 4.90 Å². The Morgan fingerprint density at radius 3 is 2.91 bits per heavy atom. The Bertz CT molecular complexity index is 182. The Labute approximate surface area is 64.7 Å². The predicted octanol–water partition coefficient (Wildman–Crippen LogP) is 1.66. The fourth-order valence-electron chi connectivity index (χ4n) is 2.04. The van der Waals surface area contributed by atoms with E-state index < -0.39 is 5.92 Å². The van der Waals surface area contributed by atoms with Gasteiger partial charge in [-0.25, -0.2) is 8.78 Å². The number of fused-ring (bicyclic) bond motifs is 1. The molecule has 1 unspecified atom stereocenters. The number of rotatable bonds is 0. The van der Waals surface area contributed by atoms with Crippen molar-refractivity contribution in [3.8, 4) is 0 Å². The molecule has 0 aromatic rings. The van der Waals surface area contributed by atoms with Crippen molar-refractivity contribution in [1.29, 1.82) is 0 Å². The third-order valence-corrected chi connectivity index (χ3v) is 2.44. The Hall–Kier alpha value is -0.440. The van der Waals surface area contributed by atoms with Crippen LogP contribution in [0, 0.1) is 0 Å². The van der Waals surface area contributed by atoms with Gasteiger partial charge in [-0.15, -0.1) is 0 Å². The van der Waals surface area contributed by atoms with Crippen LogP contribution in [0.5, 0.6) is 0 Å². The number of hydrogen-bond donors (Lipinski definition) is 0. The van der Waals surface area contributed by atoms with Gasteiger partial charge in [0.05, 0.1) is 6.54 Å². The molecule has 3 heteroatoms. The fraction of sp³-hybridized carbons (Fsp3) is 0.750. The molecular weight excluding hydrogens is 148 g/mol. The molecule has 11 heavy (non-hydrogen) atoms. The van der Waals surface area contributed by atoms with Crippen LogP contribution in [0.3, 0.4) is 0 Å². The van der Waals surface area contributed by atoms with Crippen molar-refractivity contribution in [3.05, 3.63) is 12.2 Å². The summed E-state index contributed by atoms with van der Waals surface area (Å²) < 4.78 is 25.4. The van der Waals surface area contributed by atoms with Crippen LogP contribution >= 0.6 is 0 Å². The van der Waals surface area contributed by atoms with E-state index >= 15 is 0 Å². The summed E-state index contributed by atoms with van der Waals surface area (Å²) in [7, 11) is 0. The Kier molecular flexibility index (Phi) is 1.34. The summed E-state index contributed by atoms with van der Waals surface area (Å²) in [6.45, 7) is 4.42. The zero-order chi connectivity index (χ0) is 8.06. The first-order chi connectivity index (χ1) is 5.07. The van der Waals surface area contributed by atoms with Gasteiger partial charge in [0.25, 0.3) is 5.92 Å². The molecule has 0 bridgehead atoms. The first kappa shape index (κ1) is 7.22. The minimum absolute atomic E-state index is 0.0338. The molecule has 0 spiro atoms. The second kappa shape index (κ2) is 2.03. The summed E-state index contributed by atoms with van der Waals surface area (Å²) in [6.07, 6.45) is 0.807. The summed E-state index contributed by atoms with van der Waals surface area (Å²) in [5, 5.41) is 0. The zero-order valence-electron chi connectivity index (χ0n) is 6.32. The van der Waals surface area contributed by atoms with Gasteiger partial charge >= 0.3 is 0 Å². The molecular formula is C8H11F2N. The van der Waals surface area contributed by atoms with E-state index in [-0.39, 0.29) is 19.0 Å².